The monoisotopic (exact) mass is 439 g/mol. The van der Waals surface area contributed by atoms with Gasteiger partial charge in [-0.15, -0.1) is 0 Å². The van der Waals surface area contributed by atoms with Gasteiger partial charge in [0.15, 0.2) is 0 Å². The first-order chi connectivity index (χ1) is 15.1. The molecule has 1 N–H and O–H groups in total. The second kappa shape index (κ2) is 8.71. The highest BCUT2D eigenvalue weighted by Gasteiger charge is 2.42. The number of hydrogen-bond donors (Lipinski definition) is 1. The summed E-state index contributed by atoms with van der Waals surface area (Å²) in [4.78, 5) is 17.7. The fraction of sp³-hybridized carbons (Fsp3) is 0.480. The fourth-order valence-electron chi connectivity index (χ4n) is 5.23. The van der Waals surface area contributed by atoms with Crippen molar-refractivity contribution in [2.45, 2.75) is 19.8 Å². The molecule has 2 fully saturated rings. The summed E-state index contributed by atoms with van der Waals surface area (Å²) in [5, 5.41) is 4.28. The minimum absolute atomic E-state index is 0.139. The minimum Gasteiger partial charge on any atom is -0.492 e. The Kier molecular flexibility index (Phi) is 5.81. The van der Waals surface area contributed by atoms with Gasteiger partial charge >= 0.3 is 0 Å². The Balaban J connectivity index is 1.08. The number of amides is 1. The molecule has 2 unspecified atom stereocenters. The Labute approximate surface area is 189 Å². The Bertz CT molecular complexity index is 965. The van der Waals surface area contributed by atoms with Crippen LogP contribution in [0.5, 0.6) is 5.75 Å². The summed E-state index contributed by atoms with van der Waals surface area (Å²) in [6, 6.07) is 12.1. The van der Waals surface area contributed by atoms with Crippen LogP contribution in [0.2, 0.25) is 5.02 Å². The maximum Gasteiger partial charge on any atom is 0.257 e. The first-order valence-corrected chi connectivity index (χ1v) is 11.7. The van der Waals surface area contributed by atoms with Gasteiger partial charge in [0.1, 0.15) is 5.75 Å². The van der Waals surface area contributed by atoms with Gasteiger partial charge in [-0.2, -0.15) is 0 Å². The zero-order valence-electron chi connectivity index (χ0n) is 18.1. The topological polar surface area (TPSA) is 44.8 Å². The molecule has 0 radical (unpaired) electrons. The standard InChI is InChI=1S/C25H30ClN3O2/c1-17-6-7-21(12-23(17)26)27-9-3-10-28-13-19-15-29(16-20(19)14-28)25(30)22-5-2-4-18-8-11-31-24(18)22/h2,4-7,12,19-20,27H,3,8-11,13-16H2,1H3. The Morgan fingerprint density at radius 3 is 2.74 bits per heavy atom. The van der Waals surface area contributed by atoms with Crippen LogP contribution in [0, 0.1) is 18.8 Å². The van der Waals surface area contributed by atoms with E-state index >= 15 is 0 Å². The van der Waals surface area contributed by atoms with Crippen LogP contribution < -0.4 is 10.1 Å². The molecule has 2 aromatic carbocycles. The van der Waals surface area contributed by atoms with Gasteiger partial charge in [0.25, 0.3) is 5.91 Å². The summed E-state index contributed by atoms with van der Waals surface area (Å²) >= 11 is 6.20. The number of anilines is 1. The van der Waals surface area contributed by atoms with Crippen LogP contribution in [0.4, 0.5) is 5.69 Å². The largest absolute Gasteiger partial charge is 0.492 e. The van der Waals surface area contributed by atoms with Crippen LogP contribution in [0.25, 0.3) is 0 Å². The number of aryl methyl sites for hydroxylation is 1. The molecule has 0 saturated carbocycles. The summed E-state index contributed by atoms with van der Waals surface area (Å²) in [5.41, 5.74) is 4.10. The average Bonchev–Trinajstić information content (AvgIpc) is 3.47. The van der Waals surface area contributed by atoms with E-state index in [9.17, 15) is 4.79 Å². The number of carbonyl (C=O) groups is 1. The number of carbonyl (C=O) groups excluding carboxylic acids is 1. The number of halogens is 1. The van der Waals surface area contributed by atoms with Gasteiger partial charge in [-0.05, 0) is 61.1 Å². The van der Waals surface area contributed by atoms with E-state index in [1.165, 1.54) is 0 Å². The molecule has 6 heteroatoms. The number of hydrogen-bond acceptors (Lipinski definition) is 4. The molecule has 3 heterocycles. The van der Waals surface area contributed by atoms with E-state index in [1.807, 2.05) is 30.0 Å². The summed E-state index contributed by atoms with van der Waals surface area (Å²) < 4.78 is 5.75. The highest BCUT2D eigenvalue weighted by Crippen LogP contribution is 2.35. The van der Waals surface area contributed by atoms with E-state index in [1.54, 1.807) is 0 Å². The Morgan fingerprint density at radius 1 is 1.16 bits per heavy atom. The van der Waals surface area contributed by atoms with E-state index in [0.29, 0.717) is 18.4 Å². The molecular weight excluding hydrogens is 410 g/mol. The van der Waals surface area contributed by atoms with Gasteiger partial charge in [0, 0.05) is 49.9 Å². The van der Waals surface area contributed by atoms with E-state index in [4.69, 9.17) is 16.3 Å². The molecule has 2 aromatic rings. The maximum absolute atomic E-state index is 13.1. The van der Waals surface area contributed by atoms with Crippen molar-refractivity contribution in [2.75, 3.05) is 51.2 Å². The molecule has 0 aliphatic carbocycles. The first-order valence-electron chi connectivity index (χ1n) is 11.3. The van der Waals surface area contributed by atoms with E-state index in [0.717, 1.165) is 85.3 Å². The van der Waals surface area contributed by atoms with Crippen LogP contribution in [-0.4, -0.2) is 61.6 Å². The van der Waals surface area contributed by atoms with Crippen molar-refractivity contribution < 1.29 is 9.53 Å². The Morgan fingerprint density at radius 2 is 1.97 bits per heavy atom. The summed E-state index contributed by atoms with van der Waals surface area (Å²) in [6.45, 7) is 8.65. The van der Waals surface area contributed by atoms with Crippen molar-refractivity contribution in [1.82, 2.24) is 9.80 Å². The van der Waals surface area contributed by atoms with Crippen molar-refractivity contribution in [3.05, 3.63) is 58.1 Å². The first kappa shape index (κ1) is 20.7. The third kappa shape index (κ3) is 4.26. The lowest BCUT2D eigenvalue weighted by atomic mass is 10.0. The molecule has 1 amide bonds. The Hall–Kier alpha value is -2.24. The molecule has 5 nitrogen and oxygen atoms in total. The van der Waals surface area contributed by atoms with Gasteiger partial charge in [-0.3, -0.25) is 4.79 Å². The second-order valence-electron chi connectivity index (χ2n) is 9.13. The number of para-hydroxylation sites is 1. The van der Waals surface area contributed by atoms with Crippen LogP contribution in [0.3, 0.4) is 0 Å². The lowest BCUT2D eigenvalue weighted by Gasteiger charge is -2.22. The quantitative estimate of drug-likeness (QED) is 0.688. The van der Waals surface area contributed by atoms with Gasteiger partial charge < -0.3 is 19.9 Å². The van der Waals surface area contributed by atoms with Crippen molar-refractivity contribution in [3.8, 4) is 5.75 Å². The van der Waals surface area contributed by atoms with Crippen LogP contribution in [-0.2, 0) is 6.42 Å². The molecule has 164 valence electrons. The van der Waals surface area contributed by atoms with Gasteiger partial charge in [0.2, 0.25) is 0 Å². The minimum atomic E-state index is 0.139. The molecule has 5 rings (SSSR count). The maximum atomic E-state index is 13.1. The number of ether oxygens (including phenoxy) is 1. The number of rotatable bonds is 6. The molecule has 2 atom stereocenters. The SMILES string of the molecule is Cc1ccc(NCCCN2CC3CN(C(=O)c4cccc5c4OCC5)CC3C2)cc1Cl. The van der Waals surface area contributed by atoms with Crippen molar-refractivity contribution in [3.63, 3.8) is 0 Å². The van der Waals surface area contributed by atoms with E-state index < -0.39 is 0 Å². The number of benzene rings is 2. The number of nitrogens with zero attached hydrogens (tertiary/aromatic N) is 2. The number of fused-ring (bicyclic) bond motifs is 2. The van der Waals surface area contributed by atoms with E-state index in [2.05, 4.69) is 28.4 Å². The van der Waals surface area contributed by atoms with Crippen LogP contribution in [0.15, 0.2) is 36.4 Å². The zero-order valence-corrected chi connectivity index (χ0v) is 18.8. The molecule has 0 bridgehead atoms. The smallest absolute Gasteiger partial charge is 0.257 e. The summed E-state index contributed by atoms with van der Waals surface area (Å²) in [6.07, 6.45) is 2.00. The molecular formula is C25H30ClN3O2. The summed E-state index contributed by atoms with van der Waals surface area (Å²) in [7, 11) is 0. The normalized spacial score (nSPS) is 22.3. The molecule has 31 heavy (non-hydrogen) atoms. The third-order valence-corrected chi connectivity index (χ3v) is 7.35. The van der Waals surface area contributed by atoms with Crippen molar-refractivity contribution in [1.29, 1.82) is 0 Å². The second-order valence-corrected chi connectivity index (χ2v) is 9.53. The van der Waals surface area contributed by atoms with Crippen LogP contribution >= 0.6 is 11.6 Å². The number of likely N-dealkylation sites (tertiary alicyclic amines) is 2. The van der Waals surface area contributed by atoms with Gasteiger partial charge in [0.05, 0.1) is 12.2 Å². The fourth-order valence-corrected chi connectivity index (χ4v) is 5.41. The highest BCUT2D eigenvalue weighted by atomic mass is 35.5. The number of nitrogens with one attached hydrogen (secondary N) is 1. The molecule has 3 aliphatic rings. The zero-order chi connectivity index (χ0) is 21.4. The lowest BCUT2D eigenvalue weighted by molar-refractivity contribution is 0.0770. The lowest BCUT2D eigenvalue weighted by Crippen LogP contribution is -2.34. The average molecular weight is 440 g/mol. The predicted molar refractivity (Wildman–Crippen MR) is 124 cm³/mol. The molecule has 3 aliphatic heterocycles. The van der Waals surface area contributed by atoms with Crippen molar-refractivity contribution in [2.24, 2.45) is 11.8 Å². The predicted octanol–water partition coefficient (Wildman–Crippen LogP) is 4.09. The third-order valence-electron chi connectivity index (χ3n) is 6.95. The molecule has 0 spiro atoms. The van der Waals surface area contributed by atoms with Gasteiger partial charge in [-0.1, -0.05) is 29.8 Å². The van der Waals surface area contributed by atoms with Crippen molar-refractivity contribution >= 4 is 23.2 Å². The van der Waals surface area contributed by atoms with Gasteiger partial charge in [-0.25, -0.2) is 0 Å². The molecule has 2 saturated heterocycles. The molecule has 0 aromatic heterocycles. The van der Waals surface area contributed by atoms with Crippen LogP contribution in [0.1, 0.15) is 27.9 Å². The van der Waals surface area contributed by atoms with E-state index in [-0.39, 0.29) is 5.91 Å². The highest BCUT2D eigenvalue weighted by molar-refractivity contribution is 6.31. The summed E-state index contributed by atoms with van der Waals surface area (Å²) in [5.74, 6) is 2.13.